The molecule has 1 aromatic rings. The Balaban J connectivity index is 3.14. The van der Waals surface area contributed by atoms with Crippen LogP contribution in [0.5, 0.6) is 5.75 Å². The number of rotatable bonds is 1. The average Bonchev–Trinajstić information content (AvgIpc) is 2.07. The molecule has 1 aromatic carbocycles. The molecule has 0 saturated carbocycles. The van der Waals surface area contributed by atoms with E-state index in [9.17, 15) is 18.3 Å². The number of para-hydroxylation sites is 1. The van der Waals surface area contributed by atoms with Crippen molar-refractivity contribution < 1.29 is 23.4 Å². The van der Waals surface area contributed by atoms with Crippen LogP contribution in [0.25, 0.3) is 0 Å². The highest BCUT2D eigenvalue weighted by Crippen LogP contribution is 2.39. The lowest BCUT2D eigenvalue weighted by Gasteiger charge is -2.16. The van der Waals surface area contributed by atoms with Gasteiger partial charge in [0.1, 0.15) is 5.75 Å². The number of phenols is 1. The molecule has 6 heteroatoms. The number of benzene rings is 1. The Hall–Kier alpha value is -0.750. The molecule has 1 rings (SSSR count). The summed E-state index contributed by atoms with van der Waals surface area (Å²) < 4.78 is 36.3. The zero-order valence-corrected chi connectivity index (χ0v) is 8.30. The van der Waals surface area contributed by atoms with Crippen molar-refractivity contribution in [3.8, 4) is 5.75 Å². The molecule has 0 aliphatic heterocycles. The normalized spacial score (nSPS) is 14.1. The Labute approximate surface area is 86.1 Å². The van der Waals surface area contributed by atoms with E-state index in [1.807, 2.05) is 0 Å². The van der Waals surface area contributed by atoms with Gasteiger partial charge >= 0.3 is 6.18 Å². The van der Waals surface area contributed by atoms with Gasteiger partial charge in [-0.15, -0.1) is 0 Å². The Kier molecular flexibility index (Phi) is 3.06. The molecule has 0 radical (unpaired) electrons. The molecule has 0 aliphatic carbocycles. The lowest BCUT2D eigenvalue weighted by molar-refractivity contribution is -0.207. The zero-order valence-electron chi connectivity index (χ0n) is 6.72. The number of hydrogen-bond acceptors (Lipinski definition) is 2. The largest absolute Gasteiger partial charge is 0.506 e. The minimum Gasteiger partial charge on any atom is -0.506 e. The second-order valence-electron chi connectivity index (χ2n) is 2.62. The van der Waals surface area contributed by atoms with E-state index in [-0.39, 0.29) is 4.47 Å². The minimum atomic E-state index is -4.78. The molecule has 0 fully saturated rings. The number of hydrogen-bond donors (Lipinski definition) is 2. The standard InChI is InChI=1S/C8H6BrF3O2/c9-5-3-1-2-4(6(5)13)7(14)8(10,11)12/h1-3,7,13-14H/t7-/m1/s1. The third kappa shape index (κ3) is 2.19. The Bertz CT molecular complexity index is 338. The van der Waals surface area contributed by atoms with E-state index < -0.39 is 23.6 Å². The second-order valence-corrected chi connectivity index (χ2v) is 3.48. The number of aromatic hydroxyl groups is 1. The molecule has 0 aromatic heterocycles. The maximum atomic E-state index is 12.1. The van der Waals surface area contributed by atoms with Crippen LogP contribution in [0.3, 0.4) is 0 Å². The van der Waals surface area contributed by atoms with Crippen LogP contribution < -0.4 is 0 Å². The SMILES string of the molecule is Oc1c(Br)cccc1[C@@H](O)C(F)(F)F. The van der Waals surface area contributed by atoms with E-state index in [0.717, 1.165) is 6.07 Å². The summed E-state index contributed by atoms with van der Waals surface area (Å²) in [6.07, 6.45) is -7.45. The van der Waals surface area contributed by atoms with Gasteiger partial charge in [-0.1, -0.05) is 12.1 Å². The van der Waals surface area contributed by atoms with Gasteiger partial charge < -0.3 is 10.2 Å². The number of halogens is 4. The van der Waals surface area contributed by atoms with Gasteiger partial charge in [-0.05, 0) is 22.0 Å². The van der Waals surface area contributed by atoms with Crippen LogP contribution in [-0.4, -0.2) is 16.4 Å². The van der Waals surface area contributed by atoms with Gasteiger partial charge in [-0.3, -0.25) is 0 Å². The minimum absolute atomic E-state index is 0.110. The molecule has 0 saturated heterocycles. The predicted octanol–water partition coefficient (Wildman–Crippen LogP) is 2.75. The molecule has 0 bridgehead atoms. The predicted molar refractivity (Wildman–Crippen MR) is 46.8 cm³/mol. The molecule has 0 aliphatic rings. The van der Waals surface area contributed by atoms with E-state index in [0.29, 0.717) is 0 Å². The summed E-state index contributed by atoms with van der Waals surface area (Å²) in [5.74, 6) is -0.600. The second kappa shape index (κ2) is 3.78. The fourth-order valence-corrected chi connectivity index (χ4v) is 1.31. The molecule has 14 heavy (non-hydrogen) atoms. The molecule has 0 heterocycles. The van der Waals surface area contributed by atoms with E-state index in [2.05, 4.69) is 15.9 Å². The van der Waals surface area contributed by atoms with E-state index in [1.54, 1.807) is 0 Å². The fraction of sp³-hybridized carbons (Fsp3) is 0.250. The van der Waals surface area contributed by atoms with Crippen LogP contribution in [0.1, 0.15) is 11.7 Å². The zero-order chi connectivity index (χ0) is 10.9. The molecular weight excluding hydrogens is 265 g/mol. The van der Waals surface area contributed by atoms with Crippen LogP contribution in [0.4, 0.5) is 13.2 Å². The summed E-state index contributed by atoms with van der Waals surface area (Å²) >= 11 is 2.85. The van der Waals surface area contributed by atoms with Crippen LogP contribution in [0, 0.1) is 0 Å². The number of alkyl halides is 3. The topological polar surface area (TPSA) is 40.5 Å². The van der Waals surface area contributed by atoms with E-state index in [4.69, 9.17) is 5.11 Å². The summed E-state index contributed by atoms with van der Waals surface area (Å²) in [6.45, 7) is 0. The first-order valence-electron chi connectivity index (χ1n) is 3.56. The Morgan fingerprint density at radius 3 is 2.36 bits per heavy atom. The van der Waals surface area contributed by atoms with Crippen molar-refractivity contribution in [1.82, 2.24) is 0 Å². The number of phenolic OH excluding ortho intramolecular Hbond substituents is 1. The third-order valence-corrected chi connectivity index (χ3v) is 2.26. The van der Waals surface area contributed by atoms with Crippen LogP contribution >= 0.6 is 15.9 Å². The first kappa shape index (κ1) is 11.3. The molecule has 78 valence electrons. The lowest BCUT2D eigenvalue weighted by Crippen LogP contribution is -2.20. The van der Waals surface area contributed by atoms with Crippen molar-refractivity contribution in [3.63, 3.8) is 0 Å². The number of aliphatic hydroxyl groups excluding tert-OH is 1. The van der Waals surface area contributed by atoms with Gasteiger partial charge in [0, 0.05) is 5.56 Å². The van der Waals surface area contributed by atoms with Crippen molar-refractivity contribution in [2.45, 2.75) is 12.3 Å². The summed E-state index contributed by atoms with van der Waals surface area (Å²) in [5.41, 5.74) is -0.563. The summed E-state index contributed by atoms with van der Waals surface area (Å²) in [4.78, 5) is 0. The smallest absolute Gasteiger partial charge is 0.418 e. The van der Waals surface area contributed by atoms with Crippen LogP contribution in [-0.2, 0) is 0 Å². The van der Waals surface area contributed by atoms with Crippen molar-refractivity contribution in [3.05, 3.63) is 28.2 Å². The van der Waals surface area contributed by atoms with Crippen molar-refractivity contribution in [2.75, 3.05) is 0 Å². The van der Waals surface area contributed by atoms with Crippen molar-refractivity contribution in [1.29, 1.82) is 0 Å². The summed E-state index contributed by atoms with van der Waals surface area (Å²) in [5, 5.41) is 18.1. The van der Waals surface area contributed by atoms with E-state index >= 15 is 0 Å². The van der Waals surface area contributed by atoms with Gasteiger partial charge in [0.05, 0.1) is 4.47 Å². The van der Waals surface area contributed by atoms with Gasteiger partial charge in [0.25, 0.3) is 0 Å². The number of aliphatic hydroxyl groups is 1. The van der Waals surface area contributed by atoms with Gasteiger partial charge in [-0.2, -0.15) is 13.2 Å². The quantitative estimate of drug-likeness (QED) is 0.824. The fourth-order valence-electron chi connectivity index (χ4n) is 0.929. The maximum absolute atomic E-state index is 12.1. The van der Waals surface area contributed by atoms with Crippen LogP contribution in [0.2, 0.25) is 0 Å². The first-order valence-corrected chi connectivity index (χ1v) is 4.35. The summed E-state index contributed by atoms with van der Waals surface area (Å²) in [7, 11) is 0. The molecule has 0 spiro atoms. The average molecular weight is 271 g/mol. The monoisotopic (exact) mass is 270 g/mol. The Morgan fingerprint density at radius 2 is 1.86 bits per heavy atom. The maximum Gasteiger partial charge on any atom is 0.418 e. The highest BCUT2D eigenvalue weighted by Gasteiger charge is 2.40. The molecule has 1 atom stereocenters. The lowest BCUT2D eigenvalue weighted by atomic mass is 10.1. The highest BCUT2D eigenvalue weighted by atomic mass is 79.9. The molecular formula is C8H6BrF3O2. The van der Waals surface area contributed by atoms with Gasteiger partial charge in [-0.25, -0.2) is 0 Å². The molecule has 2 nitrogen and oxygen atoms in total. The third-order valence-electron chi connectivity index (χ3n) is 1.62. The van der Waals surface area contributed by atoms with Gasteiger partial charge in [0.15, 0.2) is 6.10 Å². The highest BCUT2D eigenvalue weighted by molar-refractivity contribution is 9.10. The van der Waals surface area contributed by atoms with E-state index in [1.165, 1.54) is 12.1 Å². The summed E-state index contributed by atoms with van der Waals surface area (Å²) in [6, 6.07) is 3.69. The first-order chi connectivity index (χ1) is 6.34. The van der Waals surface area contributed by atoms with Gasteiger partial charge in [0.2, 0.25) is 0 Å². The molecule has 2 N–H and O–H groups in total. The van der Waals surface area contributed by atoms with Crippen molar-refractivity contribution in [2.24, 2.45) is 0 Å². The Morgan fingerprint density at radius 1 is 1.29 bits per heavy atom. The molecule has 0 unspecified atom stereocenters. The van der Waals surface area contributed by atoms with Crippen LogP contribution in [0.15, 0.2) is 22.7 Å². The molecule has 0 amide bonds. The van der Waals surface area contributed by atoms with Crippen molar-refractivity contribution >= 4 is 15.9 Å².